The van der Waals surface area contributed by atoms with Crippen LogP contribution in [0.3, 0.4) is 0 Å². The zero-order valence-electron chi connectivity index (χ0n) is 13.7. The third-order valence-electron chi connectivity index (χ3n) is 3.26. The van der Waals surface area contributed by atoms with Gasteiger partial charge < -0.3 is 11.1 Å². The van der Waals surface area contributed by atoms with Crippen LogP contribution in [0.25, 0.3) is 5.69 Å². The average Bonchev–Trinajstić information content (AvgIpc) is 2.86. The van der Waals surface area contributed by atoms with Crippen LogP contribution >= 0.6 is 47.2 Å². The molecule has 0 saturated heterocycles. The third kappa shape index (κ3) is 4.21. The highest BCUT2D eigenvalue weighted by atomic mass is 35.5. The number of hydrogen-bond donors (Lipinski definition) is 2. The molecule has 0 aliphatic heterocycles. The number of aromatic nitrogens is 2. The molecule has 0 spiro atoms. The van der Waals surface area contributed by atoms with Gasteiger partial charge in [0.25, 0.3) is 0 Å². The first kappa shape index (κ1) is 21.1. The van der Waals surface area contributed by atoms with E-state index in [2.05, 4.69) is 10.4 Å². The molecule has 0 aliphatic carbocycles. The summed E-state index contributed by atoms with van der Waals surface area (Å²) in [6.07, 6.45) is -4.56. The van der Waals surface area contributed by atoms with Gasteiger partial charge in [-0.2, -0.15) is 18.3 Å². The quantitative estimate of drug-likeness (QED) is 0.464. The number of nitrogens with two attached hydrogens (primary N) is 1. The smallest absolute Gasteiger partial charge is 0.388 e. The third-order valence-corrected chi connectivity index (χ3v) is 5.00. The van der Waals surface area contributed by atoms with Gasteiger partial charge >= 0.3 is 6.18 Å². The van der Waals surface area contributed by atoms with Gasteiger partial charge in [0.05, 0.1) is 20.5 Å². The molecule has 1 heterocycles. The molecule has 2 aromatic rings. The first-order chi connectivity index (χ1) is 12.1. The number of thiocarbonyl (C=S) groups is 1. The van der Waals surface area contributed by atoms with Crippen LogP contribution in [0.4, 0.5) is 19.0 Å². The maximum absolute atomic E-state index is 13.0. The molecule has 0 atom stereocenters. The van der Waals surface area contributed by atoms with E-state index in [1.807, 2.05) is 13.8 Å². The second kappa shape index (κ2) is 8.24. The topological polar surface area (TPSA) is 55.9 Å². The van der Waals surface area contributed by atoms with E-state index < -0.39 is 11.7 Å². The normalized spacial score (nSPS) is 11.7. The summed E-state index contributed by atoms with van der Waals surface area (Å²) >= 11 is 18.7. The van der Waals surface area contributed by atoms with Crippen molar-refractivity contribution in [2.45, 2.75) is 24.9 Å². The number of benzene rings is 1. The number of rotatable bonds is 6. The van der Waals surface area contributed by atoms with Gasteiger partial charge in [0.15, 0.2) is 0 Å². The van der Waals surface area contributed by atoms with Crippen molar-refractivity contribution in [3.63, 3.8) is 0 Å². The molecule has 3 N–H and O–H groups in total. The number of nitrogens with zero attached hydrogens (tertiary/aromatic N) is 2. The summed E-state index contributed by atoms with van der Waals surface area (Å²) in [6.45, 7) is 4.35. The van der Waals surface area contributed by atoms with Gasteiger partial charge in [0.1, 0.15) is 22.2 Å². The van der Waals surface area contributed by atoms with Crippen molar-refractivity contribution in [3.05, 3.63) is 33.4 Å². The van der Waals surface area contributed by atoms with Crippen LogP contribution in [0.2, 0.25) is 10.0 Å². The van der Waals surface area contributed by atoms with E-state index in [1.165, 1.54) is 16.4 Å². The zero-order valence-corrected chi connectivity index (χ0v) is 16.9. The molecule has 26 heavy (non-hydrogen) atoms. The Balaban J connectivity index is 2.75. The molecule has 0 saturated carbocycles. The maximum atomic E-state index is 13.0. The Kier molecular flexibility index (Phi) is 6.70. The Morgan fingerprint density at radius 2 is 1.88 bits per heavy atom. The van der Waals surface area contributed by atoms with E-state index in [0.29, 0.717) is 28.7 Å². The fourth-order valence-corrected chi connectivity index (χ4v) is 3.99. The van der Waals surface area contributed by atoms with Crippen LogP contribution < -0.4 is 11.1 Å². The first-order valence-electron chi connectivity index (χ1n) is 7.47. The second-order valence-corrected chi connectivity index (χ2v) is 7.58. The lowest BCUT2D eigenvalue weighted by Gasteiger charge is -2.15. The van der Waals surface area contributed by atoms with E-state index in [0.717, 1.165) is 12.1 Å². The van der Waals surface area contributed by atoms with Crippen LogP contribution in [-0.2, 0) is 6.18 Å². The van der Waals surface area contributed by atoms with Gasteiger partial charge in [-0.1, -0.05) is 42.3 Å². The van der Waals surface area contributed by atoms with Gasteiger partial charge in [-0.05, 0) is 24.8 Å². The van der Waals surface area contributed by atoms with Crippen molar-refractivity contribution in [3.8, 4) is 5.69 Å². The van der Waals surface area contributed by atoms with Gasteiger partial charge in [-0.25, -0.2) is 4.68 Å². The van der Waals surface area contributed by atoms with E-state index in [1.54, 1.807) is 0 Å². The molecule has 11 heteroatoms. The molecule has 142 valence electrons. The molecule has 1 aromatic carbocycles. The lowest BCUT2D eigenvalue weighted by Crippen LogP contribution is -2.12. The fraction of sp³-hybridized carbons (Fsp3) is 0.333. The Bertz CT molecular complexity index is 814. The predicted octanol–water partition coefficient (Wildman–Crippen LogP) is 5.38. The molecular formula is C15H15Cl2F3N4S2. The molecule has 0 aliphatic rings. The SMILES string of the molecule is CCNc1c(SCC)c(C(N)=S)nn1-c1c(Cl)cc(C(F)(F)F)cc1Cl. The van der Waals surface area contributed by atoms with Crippen LogP contribution in [0.5, 0.6) is 0 Å². The molecule has 1 aromatic heterocycles. The summed E-state index contributed by atoms with van der Waals surface area (Å²) in [4.78, 5) is 0.756. The first-order valence-corrected chi connectivity index (χ1v) is 9.62. The molecule has 0 radical (unpaired) electrons. The Morgan fingerprint density at radius 1 is 1.31 bits per heavy atom. The highest BCUT2D eigenvalue weighted by Gasteiger charge is 2.33. The summed E-state index contributed by atoms with van der Waals surface area (Å²) in [6, 6.07) is 1.63. The molecule has 0 unspecified atom stereocenters. The van der Waals surface area contributed by atoms with Crippen molar-refractivity contribution in [1.29, 1.82) is 0 Å². The summed E-state index contributed by atoms with van der Waals surface area (Å²) in [5, 5.41) is 7.10. The highest BCUT2D eigenvalue weighted by molar-refractivity contribution is 7.99. The van der Waals surface area contributed by atoms with E-state index in [4.69, 9.17) is 41.2 Å². The average molecular weight is 443 g/mol. The second-order valence-electron chi connectivity index (χ2n) is 5.05. The lowest BCUT2D eigenvalue weighted by molar-refractivity contribution is -0.137. The molecule has 4 nitrogen and oxygen atoms in total. The highest BCUT2D eigenvalue weighted by Crippen LogP contribution is 2.40. The minimum absolute atomic E-state index is 0.0676. The number of nitrogens with one attached hydrogen (secondary N) is 1. The predicted molar refractivity (Wildman–Crippen MR) is 105 cm³/mol. The van der Waals surface area contributed by atoms with Crippen molar-refractivity contribution in [2.75, 3.05) is 17.6 Å². The van der Waals surface area contributed by atoms with E-state index in [-0.39, 0.29) is 20.7 Å². The van der Waals surface area contributed by atoms with Crippen LogP contribution in [-0.4, -0.2) is 27.1 Å². The molecular weight excluding hydrogens is 428 g/mol. The number of hydrogen-bond acceptors (Lipinski definition) is 4. The standard InChI is InChI=1S/C15H15Cl2F3N4S2/c1-3-22-14-12(26-4-2)10(13(21)25)23-24(14)11-8(16)5-7(6-9(11)17)15(18,19)20/h5-6,22H,3-4H2,1-2H3,(H2,21,25). The molecule has 0 bridgehead atoms. The fourth-order valence-electron chi connectivity index (χ4n) is 2.26. The van der Waals surface area contributed by atoms with Crippen LogP contribution in [0.1, 0.15) is 25.1 Å². The lowest BCUT2D eigenvalue weighted by atomic mass is 10.2. The minimum atomic E-state index is -4.56. The molecule has 2 rings (SSSR count). The monoisotopic (exact) mass is 442 g/mol. The summed E-state index contributed by atoms with van der Waals surface area (Å²) in [5.41, 5.74) is 5.30. The number of thioether (sulfide) groups is 1. The van der Waals surface area contributed by atoms with Gasteiger partial charge in [0, 0.05) is 6.54 Å². The Morgan fingerprint density at radius 3 is 2.31 bits per heavy atom. The summed E-state index contributed by atoms with van der Waals surface area (Å²) in [7, 11) is 0. The molecule has 0 fully saturated rings. The number of halogens is 5. The van der Waals surface area contributed by atoms with Crippen molar-refractivity contribution < 1.29 is 13.2 Å². The van der Waals surface area contributed by atoms with E-state index in [9.17, 15) is 13.2 Å². The number of alkyl halides is 3. The van der Waals surface area contributed by atoms with Gasteiger partial charge in [-0.15, -0.1) is 11.8 Å². The largest absolute Gasteiger partial charge is 0.416 e. The summed E-state index contributed by atoms with van der Waals surface area (Å²) < 4.78 is 40.3. The van der Waals surface area contributed by atoms with Crippen LogP contribution in [0.15, 0.2) is 17.0 Å². The summed E-state index contributed by atoms with van der Waals surface area (Å²) in [5.74, 6) is 1.24. The Labute approximate surface area is 168 Å². The molecule has 0 amide bonds. The van der Waals surface area contributed by atoms with Crippen molar-refractivity contribution in [1.82, 2.24) is 9.78 Å². The maximum Gasteiger partial charge on any atom is 0.416 e. The van der Waals surface area contributed by atoms with Gasteiger partial charge in [-0.3, -0.25) is 0 Å². The Hall–Kier alpha value is -1.16. The minimum Gasteiger partial charge on any atom is -0.388 e. The van der Waals surface area contributed by atoms with Crippen molar-refractivity contribution in [2.24, 2.45) is 5.73 Å². The van der Waals surface area contributed by atoms with Gasteiger partial charge in [0.2, 0.25) is 0 Å². The van der Waals surface area contributed by atoms with E-state index >= 15 is 0 Å². The van der Waals surface area contributed by atoms with Crippen molar-refractivity contribution >= 4 is 58.0 Å². The zero-order chi connectivity index (χ0) is 19.6. The van der Waals surface area contributed by atoms with Crippen LogP contribution in [0, 0.1) is 0 Å². The number of anilines is 1.